The summed E-state index contributed by atoms with van der Waals surface area (Å²) in [7, 11) is 1.62. The van der Waals surface area contributed by atoms with Gasteiger partial charge in [0.05, 0.1) is 12.7 Å². The lowest BCUT2D eigenvalue weighted by molar-refractivity contribution is -0.116. The van der Waals surface area contributed by atoms with Crippen molar-refractivity contribution in [2.75, 3.05) is 24.3 Å². The number of carbonyl (C=O) groups excluding carboxylic acids is 2. The molecule has 1 aromatic heterocycles. The molecule has 3 aromatic rings. The third kappa shape index (κ3) is 4.66. The molecule has 0 saturated heterocycles. The lowest BCUT2D eigenvalue weighted by Gasteiger charge is -2.38. The highest BCUT2D eigenvalue weighted by Gasteiger charge is 2.32. The van der Waals surface area contributed by atoms with E-state index in [-0.39, 0.29) is 24.4 Å². The molecule has 31 heavy (non-hydrogen) atoms. The molecule has 4 rings (SSSR count). The number of fused-ring (bicyclic) bond motifs is 1. The Morgan fingerprint density at radius 1 is 1.10 bits per heavy atom. The molecule has 0 spiro atoms. The summed E-state index contributed by atoms with van der Waals surface area (Å²) in [4.78, 5) is 31.4. The first-order chi connectivity index (χ1) is 15.2. The first kappa shape index (κ1) is 20.4. The van der Waals surface area contributed by atoms with Crippen LogP contribution in [0.25, 0.3) is 0 Å². The van der Waals surface area contributed by atoms with E-state index in [0.29, 0.717) is 24.3 Å². The average Bonchev–Trinajstić information content (AvgIpc) is 2.81. The van der Waals surface area contributed by atoms with Crippen molar-refractivity contribution in [3.8, 4) is 5.75 Å². The fourth-order valence-corrected chi connectivity index (χ4v) is 3.62. The molecule has 2 aromatic carbocycles. The van der Waals surface area contributed by atoms with E-state index >= 15 is 0 Å². The van der Waals surface area contributed by atoms with Gasteiger partial charge in [-0.15, -0.1) is 0 Å². The first-order valence-corrected chi connectivity index (χ1v) is 10.2. The van der Waals surface area contributed by atoms with Crippen molar-refractivity contribution in [2.45, 2.75) is 19.0 Å². The van der Waals surface area contributed by atoms with Crippen LogP contribution in [0, 0.1) is 0 Å². The summed E-state index contributed by atoms with van der Waals surface area (Å²) >= 11 is 0. The third-order valence-corrected chi connectivity index (χ3v) is 5.19. The number of benzene rings is 2. The molecule has 0 radical (unpaired) electrons. The van der Waals surface area contributed by atoms with Gasteiger partial charge in [0.1, 0.15) is 17.7 Å². The van der Waals surface area contributed by atoms with Crippen LogP contribution in [-0.4, -0.2) is 35.4 Å². The Morgan fingerprint density at radius 2 is 1.87 bits per heavy atom. The Labute approximate surface area is 181 Å². The molecule has 1 aliphatic heterocycles. The number of pyridine rings is 1. The Kier molecular flexibility index (Phi) is 6.12. The minimum Gasteiger partial charge on any atom is -0.497 e. The normalized spacial score (nSPS) is 15.1. The number of hydrogen-bond acceptors (Lipinski definition) is 5. The minimum atomic E-state index is -0.327. The van der Waals surface area contributed by atoms with Gasteiger partial charge in [0.2, 0.25) is 5.91 Å². The van der Waals surface area contributed by atoms with Gasteiger partial charge in [-0.3, -0.25) is 9.59 Å². The van der Waals surface area contributed by atoms with E-state index in [2.05, 4.69) is 15.6 Å². The molecule has 1 aliphatic rings. The summed E-state index contributed by atoms with van der Waals surface area (Å²) < 4.78 is 5.25. The predicted molar refractivity (Wildman–Crippen MR) is 119 cm³/mol. The number of aromatic nitrogens is 1. The lowest BCUT2D eigenvalue weighted by Crippen LogP contribution is -2.43. The summed E-state index contributed by atoms with van der Waals surface area (Å²) in [5.74, 6) is 1.09. The molecule has 2 heterocycles. The first-order valence-electron chi connectivity index (χ1n) is 10.2. The lowest BCUT2D eigenvalue weighted by atomic mass is 10.0. The number of nitrogens with zero attached hydrogens (tertiary/aromatic N) is 2. The van der Waals surface area contributed by atoms with Crippen LogP contribution < -0.4 is 15.4 Å². The van der Waals surface area contributed by atoms with Crippen molar-refractivity contribution in [2.24, 2.45) is 0 Å². The van der Waals surface area contributed by atoms with E-state index in [4.69, 9.17) is 4.74 Å². The standard InChI is InChI=1S/C24H24N4O3/c1-31-18-13-11-17(12-14-18)23-26-20-8-3-2-7-19(20)24(30)28(23)16-6-10-22(29)27-21-9-4-5-15-25-21/h2-5,7-9,11-15,23,26H,6,10,16H2,1H3,(H,25,27,29)/t23-/m1/s1. The van der Waals surface area contributed by atoms with Crippen molar-refractivity contribution in [1.29, 1.82) is 0 Å². The quantitative estimate of drug-likeness (QED) is 0.607. The van der Waals surface area contributed by atoms with Gasteiger partial charge in [-0.05, 0) is 48.4 Å². The number of rotatable bonds is 7. The van der Waals surface area contributed by atoms with Gasteiger partial charge in [-0.1, -0.05) is 30.3 Å². The van der Waals surface area contributed by atoms with Crippen LogP contribution in [0.5, 0.6) is 5.75 Å². The number of para-hydroxylation sites is 1. The van der Waals surface area contributed by atoms with Crippen LogP contribution >= 0.6 is 0 Å². The number of methoxy groups -OCH3 is 1. The Bertz CT molecular complexity index is 1050. The van der Waals surface area contributed by atoms with E-state index in [0.717, 1.165) is 17.0 Å². The zero-order chi connectivity index (χ0) is 21.6. The molecule has 158 valence electrons. The second-order valence-corrected chi connectivity index (χ2v) is 7.23. The fraction of sp³-hybridized carbons (Fsp3) is 0.208. The SMILES string of the molecule is COc1ccc([C@@H]2Nc3ccccc3C(=O)N2CCCC(=O)Nc2ccccn2)cc1. The number of hydrogen-bond donors (Lipinski definition) is 2. The average molecular weight is 416 g/mol. The van der Waals surface area contributed by atoms with Crippen LogP contribution in [0.4, 0.5) is 11.5 Å². The molecule has 2 amide bonds. The molecular formula is C24H24N4O3. The van der Waals surface area contributed by atoms with Gasteiger partial charge in [-0.2, -0.15) is 0 Å². The molecule has 0 fully saturated rings. The van der Waals surface area contributed by atoms with Crippen molar-refractivity contribution < 1.29 is 14.3 Å². The van der Waals surface area contributed by atoms with Gasteiger partial charge >= 0.3 is 0 Å². The number of carbonyl (C=O) groups is 2. The highest BCUT2D eigenvalue weighted by molar-refractivity contribution is 6.01. The Balaban J connectivity index is 1.48. The minimum absolute atomic E-state index is 0.0553. The maximum atomic E-state index is 13.2. The number of amides is 2. The smallest absolute Gasteiger partial charge is 0.257 e. The van der Waals surface area contributed by atoms with Gasteiger partial charge in [0, 0.05) is 24.8 Å². The molecular weight excluding hydrogens is 392 g/mol. The monoisotopic (exact) mass is 416 g/mol. The third-order valence-electron chi connectivity index (χ3n) is 5.19. The fourth-order valence-electron chi connectivity index (χ4n) is 3.62. The maximum absolute atomic E-state index is 13.2. The molecule has 2 N–H and O–H groups in total. The zero-order valence-electron chi connectivity index (χ0n) is 17.2. The highest BCUT2D eigenvalue weighted by Crippen LogP contribution is 2.33. The second-order valence-electron chi connectivity index (χ2n) is 7.23. The van der Waals surface area contributed by atoms with Gasteiger partial charge < -0.3 is 20.3 Å². The Hall–Kier alpha value is -3.87. The number of nitrogens with one attached hydrogen (secondary N) is 2. The second kappa shape index (κ2) is 9.30. The van der Waals surface area contributed by atoms with Crippen molar-refractivity contribution in [3.05, 3.63) is 84.1 Å². The van der Waals surface area contributed by atoms with Crippen molar-refractivity contribution in [1.82, 2.24) is 9.88 Å². The van der Waals surface area contributed by atoms with E-state index in [1.807, 2.05) is 54.6 Å². The molecule has 0 saturated carbocycles. The predicted octanol–water partition coefficient (Wildman–Crippen LogP) is 4.08. The summed E-state index contributed by atoms with van der Waals surface area (Å²) in [6.45, 7) is 0.437. The van der Waals surface area contributed by atoms with Crippen LogP contribution in [0.2, 0.25) is 0 Å². The summed E-state index contributed by atoms with van der Waals surface area (Å²) in [6.07, 6.45) is 2.12. The highest BCUT2D eigenvalue weighted by atomic mass is 16.5. The number of ether oxygens (including phenoxy) is 1. The largest absolute Gasteiger partial charge is 0.497 e. The van der Waals surface area contributed by atoms with E-state index < -0.39 is 0 Å². The van der Waals surface area contributed by atoms with Crippen LogP contribution in [-0.2, 0) is 4.79 Å². The topological polar surface area (TPSA) is 83.6 Å². The van der Waals surface area contributed by atoms with E-state index in [1.165, 1.54) is 0 Å². The summed E-state index contributed by atoms with van der Waals surface area (Å²) in [6, 6.07) is 20.5. The summed E-state index contributed by atoms with van der Waals surface area (Å²) in [5.41, 5.74) is 2.38. The van der Waals surface area contributed by atoms with Crippen LogP contribution in [0.15, 0.2) is 72.9 Å². The van der Waals surface area contributed by atoms with Crippen LogP contribution in [0.3, 0.4) is 0 Å². The molecule has 0 aliphatic carbocycles. The van der Waals surface area contributed by atoms with Crippen molar-refractivity contribution in [3.63, 3.8) is 0 Å². The number of anilines is 2. The summed E-state index contributed by atoms with van der Waals surface area (Å²) in [5, 5.41) is 6.24. The van der Waals surface area contributed by atoms with E-state index in [1.54, 1.807) is 30.3 Å². The van der Waals surface area contributed by atoms with Crippen molar-refractivity contribution >= 4 is 23.3 Å². The Morgan fingerprint density at radius 3 is 2.61 bits per heavy atom. The van der Waals surface area contributed by atoms with Gasteiger partial charge in [-0.25, -0.2) is 4.98 Å². The molecule has 0 unspecified atom stereocenters. The molecule has 0 bridgehead atoms. The van der Waals surface area contributed by atoms with Crippen LogP contribution in [0.1, 0.15) is 34.9 Å². The zero-order valence-corrected chi connectivity index (χ0v) is 17.2. The molecule has 7 heteroatoms. The molecule has 1 atom stereocenters. The maximum Gasteiger partial charge on any atom is 0.257 e. The van der Waals surface area contributed by atoms with Gasteiger partial charge in [0.15, 0.2) is 0 Å². The van der Waals surface area contributed by atoms with Gasteiger partial charge in [0.25, 0.3) is 5.91 Å². The molecule has 7 nitrogen and oxygen atoms in total. The van der Waals surface area contributed by atoms with E-state index in [9.17, 15) is 9.59 Å².